The van der Waals surface area contributed by atoms with Crippen LogP contribution in [0.4, 0.5) is 10.5 Å². The first-order valence-corrected chi connectivity index (χ1v) is 7.56. The minimum Gasteiger partial charge on any atom is -0.493 e. The number of carbonyl (C=O) groups is 1. The lowest BCUT2D eigenvalue weighted by Gasteiger charge is -2.18. The average molecular weight is 322 g/mol. The summed E-state index contributed by atoms with van der Waals surface area (Å²) in [7, 11) is 3.15. The van der Waals surface area contributed by atoms with Crippen molar-refractivity contribution < 1.29 is 14.3 Å². The molecule has 0 heterocycles. The van der Waals surface area contributed by atoms with E-state index >= 15 is 0 Å². The number of hydrogen-bond donors (Lipinski definition) is 3. The molecule has 7 heteroatoms. The van der Waals surface area contributed by atoms with E-state index in [4.69, 9.17) is 9.47 Å². The van der Waals surface area contributed by atoms with Crippen molar-refractivity contribution in [1.82, 2.24) is 10.6 Å². The van der Waals surface area contributed by atoms with Crippen molar-refractivity contribution in [1.29, 1.82) is 0 Å². The van der Waals surface area contributed by atoms with Crippen molar-refractivity contribution in [3.63, 3.8) is 0 Å². The lowest BCUT2D eigenvalue weighted by molar-refractivity contribution is 0.256. The molecule has 0 aliphatic rings. The van der Waals surface area contributed by atoms with Gasteiger partial charge in [-0.1, -0.05) is 0 Å². The Bertz CT molecular complexity index is 585. The van der Waals surface area contributed by atoms with Gasteiger partial charge in [0.05, 0.1) is 19.9 Å². The number of aliphatic imine (C=N–C) groups is 1. The predicted octanol–water partition coefficient (Wildman–Crippen LogP) is 2.43. The van der Waals surface area contributed by atoms with Gasteiger partial charge >= 0.3 is 6.03 Å². The van der Waals surface area contributed by atoms with E-state index in [-0.39, 0.29) is 6.03 Å². The summed E-state index contributed by atoms with van der Waals surface area (Å²) in [5.74, 6) is 1.68. The maximum Gasteiger partial charge on any atom is 0.326 e. The number of amides is 2. The average Bonchev–Trinajstić information content (AvgIpc) is 2.51. The Labute approximate surface area is 137 Å². The Hall–Kier alpha value is -2.44. The number of aryl methyl sites for hydroxylation is 1. The molecular formula is C16H26N4O3. The smallest absolute Gasteiger partial charge is 0.326 e. The van der Waals surface area contributed by atoms with Crippen LogP contribution in [0, 0.1) is 13.8 Å². The Morgan fingerprint density at radius 3 is 2.43 bits per heavy atom. The molecule has 0 saturated carbocycles. The predicted molar refractivity (Wildman–Crippen MR) is 92.8 cm³/mol. The van der Waals surface area contributed by atoms with Gasteiger partial charge in [0.1, 0.15) is 0 Å². The minimum absolute atomic E-state index is 0.364. The van der Waals surface area contributed by atoms with Crippen molar-refractivity contribution in [3.8, 4) is 11.5 Å². The van der Waals surface area contributed by atoms with E-state index in [1.54, 1.807) is 14.2 Å². The zero-order chi connectivity index (χ0) is 17.4. The second-order valence-corrected chi connectivity index (χ2v) is 4.86. The fourth-order valence-electron chi connectivity index (χ4n) is 2.24. The zero-order valence-corrected chi connectivity index (χ0v) is 14.7. The van der Waals surface area contributed by atoms with Gasteiger partial charge in [-0.25, -0.2) is 4.79 Å². The summed E-state index contributed by atoms with van der Waals surface area (Å²) in [5.41, 5.74) is 2.37. The van der Waals surface area contributed by atoms with E-state index in [9.17, 15) is 4.79 Å². The fraction of sp³-hybridized carbons (Fsp3) is 0.500. The van der Waals surface area contributed by atoms with Crippen LogP contribution in [0.3, 0.4) is 0 Å². The Morgan fingerprint density at radius 1 is 1.22 bits per heavy atom. The number of nitrogens with one attached hydrogen (secondary N) is 3. The number of urea groups is 1. The number of rotatable bonds is 5. The molecule has 0 unspecified atom stereocenters. The normalized spacial score (nSPS) is 11.0. The summed E-state index contributed by atoms with van der Waals surface area (Å²) in [6.45, 7) is 8.86. The zero-order valence-electron chi connectivity index (χ0n) is 14.7. The van der Waals surface area contributed by atoms with Crippen LogP contribution in [0.2, 0.25) is 0 Å². The van der Waals surface area contributed by atoms with Gasteiger partial charge in [-0.2, -0.15) is 0 Å². The second-order valence-electron chi connectivity index (χ2n) is 4.86. The van der Waals surface area contributed by atoms with Gasteiger partial charge < -0.3 is 20.1 Å². The standard InChI is InChI=1S/C16H26N4O3/c1-7-17-15(18-8-2)20-16(21)19-13-10(3)9-12(22-5)14(23-6)11(13)4/h9H,7-8H2,1-6H3,(H3,17,18,19,20,21). The van der Waals surface area contributed by atoms with Crippen molar-refractivity contribution in [2.75, 3.05) is 32.6 Å². The SMILES string of the molecule is CCN=C(NCC)NC(=O)Nc1c(C)cc(OC)c(OC)c1C. The number of hydrogen-bond acceptors (Lipinski definition) is 4. The first-order valence-electron chi connectivity index (χ1n) is 7.56. The van der Waals surface area contributed by atoms with Gasteiger partial charge in [0.15, 0.2) is 17.5 Å². The van der Waals surface area contributed by atoms with E-state index in [0.717, 1.165) is 11.1 Å². The first-order chi connectivity index (χ1) is 11.0. The van der Waals surface area contributed by atoms with Crippen LogP contribution in [0.5, 0.6) is 11.5 Å². The molecule has 0 aliphatic heterocycles. The molecule has 0 aromatic heterocycles. The molecule has 0 atom stereocenters. The molecule has 0 spiro atoms. The third-order valence-electron chi connectivity index (χ3n) is 3.24. The summed E-state index contributed by atoms with van der Waals surface area (Å²) in [4.78, 5) is 16.4. The van der Waals surface area contributed by atoms with E-state index < -0.39 is 0 Å². The van der Waals surface area contributed by atoms with Crippen molar-refractivity contribution in [3.05, 3.63) is 17.2 Å². The second kappa shape index (κ2) is 8.87. The molecule has 1 aromatic rings. The lowest BCUT2D eigenvalue weighted by atomic mass is 10.1. The number of nitrogens with zero attached hydrogens (tertiary/aromatic N) is 1. The van der Waals surface area contributed by atoms with E-state index in [0.29, 0.717) is 36.2 Å². The Kier molecular flexibility index (Phi) is 7.18. The summed E-state index contributed by atoms with van der Waals surface area (Å²) < 4.78 is 10.7. The topological polar surface area (TPSA) is 84.0 Å². The minimum atomic E-state index is -0.364. The third-order valence-corrected chi connectivity index (χ3v) is 3.24. The van der Waals surface area contributed by atoms with Crippen LogP contribution >= 0.6 is 0 Å². The highest BCUT2D eigenvalue weighted by Gasteiger charge is 2.16. The van der Waals surface area contributed by atoms with Gasteiger partial charge in [-0.05, 0) is 39.3 Å². The van der Waals surface area contributed by atoms with Crippen molar-refractivity contribution in [2.24, 2.45) is 4.99 Å². The number of benzene rings is 1. The molecule has 0 saturated heterocycles. The van der Waals surface area contributed by atoms with E-state index in [1.807, 2.05) is 33.8 Å². The van der Waals surface area contributed by atoms with E-state index in [1.165, 1.54) is 0 Å². The van der Waals surface area contributed by atoms with Gasteiger partial charge in [0.2, 0.25) is 0 Å². The molecule has 1 aromatic carbocycles. The summed E-state index contributed by atoms with van der Waals surface area (Å²) in [5, 5.41) is 8.55. The van der Waals surface area contributed by atoms with Crippen molar-refractivity contribution >= 4 is 17.7 Å². The largest absolute Gasteiger partial charge is 0.493 e. The summed E-state index contributed by atoms with van der Waals surface area (Å²) in [6.07, 6.45) is 0. The molecule has 2 amide bonds. The van der Waals surface area contributed by atoms with Gasteiger partial charge in [0.25, 0.3) is 0 Å². The molecule has 128 valence electrons. The summed E-state index contributed by atoms with van der Waals surface area (Å²) >= 11 is 0. The van der Waals surface area contributed by atoms with Crippen LogP contribution in [0.25, 0.3) is 0 Å². The molecule has 1 rings (SSSR count). The molecule has 0 radical (unpaired) electrons. The van der Waals surface area contributed by atoms with Gasteiger partial charge in [0, 0.05) is 18.7 Å². The number of guanidine groups is 1. The molecule has 3 N–H and O–H groups in total. The number of anilines is 1. The monoisotopic (exact) mass is 322 g/mol. The van der Waals surface area contributed by atoms with Crippen LogP contribution in [0.15, 0.2) is 11.1 Å². The number of ether oxygens (including phenoxy) is 2. The highest BCUT2D eigenvalue weighted by Crippen LogP contribution is 2.37. The lowest BCUT2D eigenvalue weighted by Crippen LogP contribution is -2.43. The van der Waals surface area contributed by atoms with Crippen LogP contribution in [-0.4, -0.2) is 39.3 Å². The quantitative estimate of drug-likeness (QED) is 0.574. The number of methoxy groups -OCH3 is 2. The highest BCUT2D eigenvalue weighted by atomic mass is 16.5. The van der Waals surface area contributed by atoms with Crippen molar-refractivity contribution in [2.45, 2.75) is 27.7 Å². The van der Waals surface area contributed by atoms with Crippen LogP contribution in [-0.2, 0) is 0 Å². The first kappa shape index (κ1) is 18.6. The molecule has 23 heavy (non-hydrogen) atoms. The van der Waals surface area contributed by atoms with Crippen LogP contribution < -0.4 is 25.4 Å². The summed E-state index contributed by atoms with van der Waals surface area (Å²) in [6, 6.07) is 1.46. The van der Waals surface area contributed by atoms with E-state index in [2.05, 4.69) is 20.9 Å². The molecule has 0 aliphatic carbocycles. The highest BCUT2D eigenvalue weighted by molar-refractivity contribution is 6.03. The fourth-order valence-corrected chi connectivity index (χ4v) is 2.24. The molecule has 7 nitrogen and oxygen atoms in total. The molecule has 0 fully saturated rings. The molecule has 0 bridgehead atoms. The molecular weight excluding hydrogens is 296 g/mol. The number of carbonyl (C=O) groups excluding carboxylic acids is 1. The van der Waals surface area contributed by atoms with Crippen LogP contribution in [0.1, 0.15) is 25.0 Å². The van der Waals surface area contributed by atoms with Gasteiger partial charge in [-0.15, -0.1) is 0 Å². The Balaban J connectivity index is 3.00. The maximum absolute atomic E-state index is 12.2. The van der Waals surface area contributed by atoms with Gasteiger partial charge in [-0.3, -0.25) is 10.3 Å². The third kappa shape index (κ3) is 4.77. The Morgan fingerprint density at radius 2 is 1.91 bits per heavy atom. The maximum atomic E-state index is 12.2.